The first kappa shape index (κ1) is 14.4. The summed E-state index contributed by atoms with van der Waals surface area (Å²) in [5.74, 6) is -3.04. The molecule has 1 aromatic heterocycles. The van der Waals surface area contributed by atoms with Gasteiger partial charge in [0, 0.05) is 12.1 Å². The van der Waals surface area contributed by atoms with Gasteiger partial charge in [-0.05, 0) is 23.7 Å². The number of nitrogens with zero attached hydrogens (tertiary/aromatic N) is 2. The zero-order chi connectivity index (χ0) is 14.9. The van der Waals surface area contributed by atoms with Gasteiger partial charge in [-0.25, -0.2) is 13.8 Å². The molecule has 0 aliphatic carbocycles. The zero-order valence-electron chi connectivity index (χ0n) is 9.38. The van der Waals surface area contributed by atoms with Crippen molar-refractivity contribution in [1.29, 1.82) is 0 Å². The first-order valence-electron chi connectivity index (χ1n) is 5.00. The van der Waals surface area contributed by atoms with Crippen molar-refractivity contribution in [2.45, 2.75) is 6.18 Å². The SMILES string of the molecule is Fc1ccc(Oc2cc(C(F)(F)F)nc(Cl)n2)c(F)c1. The van der Waals surface area contributed by atoms with E-state index in [4.69, 9.17) is 16.3 Å². The molecule has 0 fully saturated rings. The molecule has 0 bridgehead atoms. The summed E-state index contributed by atoms with van der Waals surface area (Å²) in [6, 6.07) is 2.76. The van der Waals surface area contributed by atoms with Crippen LogP contribution in [0.15, 0.2) is 24.3 Å². The average Bonchev–Trinajstić information content (AvgIpc) is 2.31. The number of hydrogen-bond acceptors (Lipinski definition) is 3. The highest BCUT2D eigenvalue weighted by Crippen LogP contribution is 2.32. The normalized spacial score (nSPS) is 11.5. The Hall–Kier alpha value is -1.96. The molecule has 1 aromatic carbocycles. The van der Waals surface area contributed by atoms with Crippen molar-refractivity contribution in [3.05, 3.63) is 46.9 Å². The summed E-state index contributed by atoms with van der Waals surface area (Å²) in [6.07, 6.45) is -4.76. The number of ether oxygens (including phenoxy) is 1. The summed E-state index contributed by atoms with van der Waals surface area (Å²) in [6.45, 7) is 0. The maximum Gasteiger partial charge on any atom is 0.433 e. The van der Waals surface area contributed by atoms with E-state index in [0.717, 1.165) is 12.1 Å². The third-order valence-electron chi connectivity index (χ3n) is 2.07. The number of benzene rings is 1. The van der Waals surface area contributed by atoms with E-state index in [2.05, 4.69) is 9.97 Å². The van der Waals surface area contributed by atoms with E-state index >= 15 is 0 Å². The van der Waals surface area contributed by atoms with Gasteiger partial charge in [-0.2, -0.15) is 18.2 Å². The molecule has 0 unspecified atom stereocenters. The van der Waals surface area contributed by atoms with Crippen LogP contribution in [0.2, 0.25) is 5.28 Å². The molecule has 0 aliphatic rings. The summed E-state index contributed by atoms with van der Waals surface area (Å²) >= 11 is 5.33. The third-order valence-corrected chi connectivity index (χ3v) is 2.24. The first-order chi connectivity index (χ1) is 9.25. The predicted octanol–water partition coefficient (Wildman–Crippen LogP) is 4.22. The van der Waals surface area contributed by atoms with Crippen LogP contribution in [-0.2, 0) is 6.18 Å². The van der Waals surface area contributed by atoms with Gasteiger partial charge < -0.3 is 4.74 Å². The van der Waals surface area contributed by atoms with Crippen molar-refractivity contribution < 1.29 is 26.7 Å². The summed E-state index contributed by atoms with van der Waals surface area (Å²) < 4.78 is 68.3. The van der Waals surface area contributed by atoms with Crippen molar-refractivity contribution in [1.82, 2.24) is 9.97 Å². The molecule has 0 aliphatic heterocycles. The van der Waals surface area contributed by atoms with Gasteiger partial charge in [0.1, 0.15) is 5.82 Å². The van der Waals surface area contributed by atoms with Gasteiger partial charge in [-0.1, -0.05) is 0 Å². The molecule has 2 aromatic rings. The number of hydrogen-bond donors (Lipinski definition) is 0. The van der Waals surface area contributed by atoms with E-state index in [0.29, 0.717) is 12.1 Å². The van der Waals surface area contributed by atoms with Crippen molar-refractivity contribution >= 4 is 11.6 Å². The minimum Gasteiger partial charge on any atom is -0.436 e. The predicted molar refractivity (Wildman–Crippen MR) is 58.5 cm³/mol. The molecular formula is C11H4ClF5N2O. The molecular weight excluding hydrogens is 307 g/mol. The van der Waals surface area contributed by atoms with Crippen LogP contribution in [0.25, 0.3) is 0 Å². The van der Waals surface area contributed by atoms with E-state index in [1.807, 2.05) is 0 Å². The Bertz CT molecular complexity index is 647. The molecule has 1 heterocycles. The minimum atomic E-state index is -4.76. The number of halogens is 6. The minimum absolute atomic E-state index is 0.453. The lowest BCUT2D eigenvalue weighted by Gasteiger charge is -2.09. The molecule has 20 heavy (non-hydrogen) atoms. The highest BCUT2D eigenvalue weighted by atomic mass is 35.5. The molecule has 106 valence electrons. The van der Waals surface area contributed by atoms with Gasteiger partial charge in [0.25, 0.3) is 0 Å². The van der Waals surface area contributed by atoms with Crippen molar-refractivity contribution in [2.24, 2.45) is 0 Å². The highest BCUT2D eigenvalue weighted by molar-refractivity contribution is 6.28. The Morgan fingerprint density at radius 3 is 2.35 bits per heavy atom. The molecule has 2 rings (SSSR count). The molecule has 9 heteroatoms. The largest absolute Gasteiger partial charge is 0.436 e. The molecule has 0 amide bonds. The lowest BCUT2D eigenvalue weighted by Crippen LogP contribution is -2.09. The van der Waals surface area contributed by atoms with Gasteiger partial charge in [0.2, 0.25) is 11.2 Å². The Morgan fingerprint density at radius 1 is 1.05 bits per heavy atom. The number of aromatic nitrogens is 2. The summed E-state index contributed by atoms with van der Waals surface area (Å²) in [5.41, 5.74) is -1.34. The van der Waals surface area contributed by atoms with E-state index in [9.17, 15) is 22.0 Å². The van der Waals surface area contributed by atoms with Gasteiger partial charge in [0.05, 0.1) is 0 Å². The van der Waals surface area contributed by atoms with Crippen LogP contribution in [0.5, 0.6) is 11.6 Å². The summed E-state index contributed by atoms with van der Waals surface area (Å²) in [7, 11) is 0. The van der Waals surface area contributed by atoms with E-state index in [-0.39, 0.29) is 0 Å². The topological polar surface area (TPSA) is 35.0 Å². The van der Waals surface area contributed by atoms with Crippen LogP contribution >= 0.6 is 11.6 Å². The lowest BCUT2D eigenvalue weighted by atomic mass is 10.3. The Morgan fingerprint density at radius 2 is 1.75 bits per heavy atom. The fourth-order valence-electron chi connectivity index (χ4n) is 1.26. The van der Waals surface area contributed by atoms with Gasteiger partial charge in [0.15, 0.2) is 17.3 Å². The van der Waals surface area contributed by atoms with E-state index in [1.54, 1.807) is 0 Å². The fourth-order valence-corrected chi connectivity index (χ4v) is 1.44. The number of rotatable bonds is 2. The van der Waals surface area contributed by atoms with Crippen molar-refractivity contribution in [3.63, 3.8) is 0 Å². The van der Waals surface area contributed by atoms with Gasteiger partial charge >= 0.3 is 6.18 Å². The number of alkyl halides is 3. The Balaban J connectivity index is 2.36. The van der Waals surface area contributed by atoms with Gasteiger partial charge in [-0.15, -0.1) is 0 Å². The second-order valence-electron chi connectivity index (χ2n) is 3.54. The fraction of sp³-hybridized carbons (Fsp3) is 0.0909. The molecule has 0 atom stereocenters. The molecule has 0 N–H and O–H groups in total. The van der Waals surface area contributed by atoms with Crippen LogP contribution in [-0.4, -0.2) is 9.97 Å². The maximum absolute atomic E-state index is 13.3. The smallest absolute Gasteiger partial charge is 0.433 e. The molecule has 0 radical (unpaired) electrons. The zero-order valence-corrected chi connectivity index (χ0v) is 10.1. The molecule has 3 nitrogen and oxygen atoms in total. The molecule has 0 spiro atoms. The Labute approximate surface area is 114 Å². The first-order valence-corrected chi connectivity index (χ1v) is 5.38. The average molecular weight is 311 g/mol. The maximum atomic E-state index is 13.3. The van der Waals surface area contributed by atoms with Crippen LogP contribution < -0.4 is 4.74 Å². The lowest BCUT2D eigenvalue weighted by molar-refractivity contribution is -0.141. The quantitative estimate of drug-likeness (QED) is 0.615. The van der Waals surface area contributed by atoms with Gasteiger partial charge in [-0.3, -0.25) is 0 Å². The monoisotopic (exact) mass is 310 g/mol. The van der Waals surface area contributed by atoms with Crippen LogP contribution in [0, 0.1) is 11.6 Å². The summed E-state index contributed by atoms with van der Waals surface area (Å²) in [4.78, 5) is 6.36. The standard InChI is InChI=1S/C11H4ClF5N2O/c12-10-18-8(11(15,16)17)4-9(19-10)20-7-2-1-5(13)3-6(7)14/h1-4H. The Kier molecular flexibility index (Phi) is 3.76. The highest BCUT2D eigenvalue weighted by Gasteiger charge is 2.34. The summed E-state index contributed by atoms with van der Waals surface area (Å²) in [5, 5.41) is -0.711. The van der Waals surface area contributed by atoms with E-state index in [1.165, 1.54) is 0 Å². The van der Waals surface area contributed by atoms with Crippen LogP contribution in [0.4, 0.5) is 22.0 Å². The molecule has 0 saturated carbocycles. The van der Waals surface area contributed by atoms with E-state index < -0.39 is 40.4 Å². The van der Waals surface area contributed by atoms with Crippen LogP contribution in [0.1, 0.15) is 5.69 Å². The third kappa shape index (κ3) is 3.32. The van der Waals surface area contributed by atoms with Crippen LogP contribution in [0.3, 0.4) is 0 Å². The second-order valence-corrected chi connectivity index (χ2v) is 3.87. The van der Waals surface area contributed by atoms with Crippen molar-refractivity contribution in [2.75, 3.05) is 0 Å². The molecule has 0 saturated heterocycles. The van der Waals surface area contributed by atoms with Crippen molar-refractivity contribution in [3.8, 4) is 11.6 Å². The second kappa shape index (κ2) is 5.20.